The van der Waals surface area contributed by atoms with Crippen molar-refractivity contribution in [2.45, 2.75) is 64.0 Å². The molecule has 0 amide bonds. The van der Waals surface area contributed by atoms with E-state index in [0.717, 1.165) is 19.9 Å². The fraction of sp³-hybridized carbons (Fsp3) is 0.417. The first-order valence-corrected chi connectivity index (χ1v) is 11.2. The van der Waals surface area contributed by atoms with Gasteiger partial charge < -0.3 is 10.4 Å². The molecule has 0 saturated heterocycles. The summed E-state index contributed by atoms with van der Waals surface area (Å²) in [5.74, 6) is -4.61. The Kier molecular flexibility index (Phi) is 7.06. The molecule has 0 radical (unpaired) electrons. The number of fused-ring (bicyclic) bond motifs is 1. The van der Waals surface area contributed by atoms with Crippen LogP contribution in [-0.4, -0.2) is 25.7 Å². The van der Waals surface area contributed by atoms with Crippen molar-refractivity contribution in [2.75, 3.05) is 5.32 Å². The number of aromatic nitrogens is 3. The summed E-state index contributed by atoms with van der Waals surface area (Å²) in [5, 5.41) is 22.9. The molecule has 2 N–H and O–H groups in total. The Balaban J connectivity index is 0.00000158. The number of benzene rings is 1. The summed E-state index contributed by atoms with van der Waals surface area (Å²) in [7, 11) is 0. The van der Waals surface area contributed by atoms with Gasteiger partial charge in [0.05, 0.1) is 22.4 Å². The van der Waals surface area contributed by atoms with Crippen LogP contribution in [0.3, 0.4) is 0 Å². The molecule has 0 unspecified atom stereocenters. The lowest BCUT2D eigenvalue weighted by Gasteiger charge is -2.30. The Morgan fingerprint density at radius 2 is 1.91 bits per heavy atom. The Morgan fingerprint density at radius 1 is 1.24 bits per heavy atom. The summed E-state index contributed by atoms with van der Waals surface area (Å²) >= 11 is 6.27. The van der Waals surface area contributed by atoms with Crippen molar-refractivity contribution in [3.8, 4) is 6.07 Å². The quantitative estimate of drug-likeness (QED) is 0.418. The van der Waals surface area contributed by atoms with Crippen molar-refractivity contribution in [1.82, 2.24) is 15.0 Å². The molecule has 6 nitrogen and oxygen atoms in total. The second kappa shape index (κ2) is 9.35. The molecule has 1 aromatic carbocycles. The summed E-state index contributed by atoms with van der Waals surface area (Å²) < 4.78 is 44.0. The predicted octanol–water partition coefficient (Wildman–Crippen LogP) is 5.87. The van der Waals surface area contributed by atoms with E-state index in [-0.39, 0.29) is 22.9 Å². The second-order valence-corrected chi connectivity index (χ2v) is 8.74. The molecule has 180 valence electrons. The molecule has 2 aromatic heterocycles. The van der Waals surface area contributed by atoms with Crippen LogP contribution in [0.2, 0.25) is 5.15 Å². The molecule has 0 atom stereocenters. The predicted molar refractivity (Wildman–Crippen MR) is 124 cm³/mol. The van der Waals surface area contributed by atoms with Gasteiger partial charge in [-0.25, -0.2) is 19.3 Å². The first-order chi connectivity index (χ1) is 16.0. The highest BCUT2D eigenvalue weighted by molar-refractivity contribution is 6.30. The number of rotatable bonds is 6. The van der Waals surface area contributed by atoms with Crippen molar-refractivity contribution in [2.24, 2.45) is 0 Å². The van der Waals surface area contributed by atoms with Crippen LogP contribution in [0.1, 0.15) is 57.2 Å². The van der Waals surface area contributed by atoms with E-state index < -0.39 is 28.3 Å². The first kappa shape index (κ1) is 25.7. The lowest BCUT2D eigenvalue weighted by atomic mass is 9.92. The molecule has 3 aromatic rings. The standard InChI is InChI=1S/C22H19ClF3N5O.C2H6/c1-20(2,32)22(25,26)14-5-3-4-12(16(14)24)9-28-18-13-8-15(21(10-27)6-7-21)17(23)31-19(13)30-11-29-18;1-2/h3-5,8,11,32H,6-7,9H2,1-2H3,(H,28,29,30,31);1-2H3. The smallest absolute Gasteiger partial charge is 0.303 e. The number of nitriles is 1. The summed E-state index contributed by atoms with van der Waals surface area (Å²) in [6, 6.07) is 7.58. The average Bonchev–Trinajstić information content (AvgIpc) is 3.59. The maximum absolute atomic E-state index is 14.9. The zero-order valence-corrected chi connectivity index (χ0v) is 20.0. The van der Waals surface area contributed by atoms with Crippen molar-refractivity contribution >= 4 is 28.5 Å². The number of pyridine rings is 1. The minimum absolute atomic E-state index is 0.0315. The number of hydrogen-bond acceptors (Lipinski definition) is 6. The molecule has 0 aliphatic heterocycles. The van der Waals surface area contributed by atoms with E-state index in [2.05, 4.69) is 26.3 Å². The molecule has 10 heteroatoms. The zero-order chi connectivity index (χ0) is 25.3. The molecule has 1 aliphatic rings. The zero-order valence-electron chi connectivity index (χ0n) is 19.3. The van der Waals surface area contributed by atoms with Gasteiger partial charge in [0, 0.05) is 17.7 Å². The van der Waals surface area contributed by atoms with E-state index in [1.54, 1.807) is 6.07 Å². The topological polar surface area (TPSA) is 94.7 Å². The van der Waals surface area contributed by atoms with Crippen molar-refractivity contribution in [3.05, 3.63) is 58.3 Å². The van der Waals surface area contributed by atoms with E-state index in [4.69, 9.17) is 11.6 Å². The fourth-order valence-corrected chi connectivity index (χ4v) is 3.79. The van der Waals surface area contributed by atoms with Crippen molar-refractivity contribution in [1.29, 1.82) is 5.26 Å². The van der Waals surface area contributed by atoms with Crippen LogP contribution in [0.4, 0.5) is 19.0 Å². The van der Waals surface area contributed by atoms with Crippen LogP contribution in [0.15, 0.2) is 30.6 Å². The van der Waals surface area contributed by atoms with Crippen molar-refractivity contribution in [3.63, 3.8) is 0 Å². The number of alkyl halides is 2. The van der Waals surface area contributed by atoms with Gasteiger partial charge in [-0.2, -0.15) is 14.0 Å². The van der Waals surface area contributed by atoms with E-state index in [0.29, 0.717) is 29.6 Å². The van der Waals surface area contributed by atoms with Crippen molar-refractivity contribution < 1.29 is 18.3 Å². The largest absolute Gasteiger partial charge is 0.384 e. The SMILES string of the molecule is CC.CC(C)(O)C(F)(F)c1cccc(CNc2ncnc3nc(Cl)c(C4(C#N)CC4)cc23)c1F. The number of anilines is 1. The molecular weight excluding hydrogens is 467 g/mol. The third-order valence-electron chi connectivity index (χ3n) is 5.69. The molecule has 1 fully saturated rings. The number of nitrogens with zero attached hydrogens (tertiary/aromatic N) is 4. The Bertz CT molecular complexity index is 1250. The van der Waals surface area contributed by atoms with Gasteiger partial charge in [0.1, 0.15) is 28.7 Å². The van der Waals surface area contributed by atoms with E-state index in [1.807, 2.05) is 13.8 Å². The molecule has 0 bridgehead atoms. The monoisotopic (exact) mass is 491 g/mol. The van der Waals surface area contributed by atoms with Crippen LogP contribution < -0.4 is 5.32 Å². The highest BCUT2D eigenvalue weighted by Gasteiger charge is 2.49. The van der Waals surface area contributed by atoms with E-state index in [1.165, 1.54) is 18.5 Å². The summed E-state index contributed by atoms with van der Waals surface area (Å²) in [5.41, 5.74) is -3.19. The van der Waals surface area contributed by atoms with Gasteiger partial charge in [-0.3, -0.25) is 0 Å². The lowest BCUT2D eigenvalue weighted by molar-refractivity contribution is -0.170. The van der Waals surface area contributed by atoms with Gasteiger partial charge in [0.2, 0.25) is 0 Å². The summed E-state index contributed by atoms with van der Waals surface area (Å²) in [6.07, 6.45) is 2.58. The van der Waals surface area contributed by atoms with Gasteiger partial charge in [-0.15, -0.1) is 0 Å². The van der Waals surface area contributed by atoms with Crippen LogP contribution in [-0.2, 0) is 17.9 Å². The Hall–Kier alpha value is -2.96. The minimum Gasteiger partial charge on any atom is -0.384 e. The molecule has 34 heavy (non-hydrogen) atoms. The lowest BCUT2D eigenvalue weighted by Crippen LogP contribution is -2.41. The second-order valence-electron chi connectivity index (χ2n) is 8.38. The fourth-order valence-electron chi connectivity index (χ4n) is 3.48. The molecule has 0 spiro atoms. The van der Waals surface area contributed by atoms with E-state index in [9.17, 15) is 23.5 Å². The number of nitrogens with one attached hydrogen (secondary N) is 1. The third kappa shape index (κ3) is 4.52. The summed E-state index contributed by atoms with van der Waals surface area (Å²) in [4.78, 5) is 12.5. The maximum atomic E-state index is 14.9. The number of hydrogen-bond donors (Lipinski definition) is 2. The molecular formula is C24H25ClF3N5O. The normalized spacial score (nSPS) is 14.7. The highest BCUT2D eigenvalue weighted by Crippen LogP contribution is 2.50. The maximum Gasteiger partial charge on any atom is 0.303 e. The van der Waals surface area contributed by atoms with Crippen LogP contribution >= 0.6 is 11.6 Å². The van der Waals surface area contributed by atoms with Gasteiger partial charge in [0.15, 0.2) is 5.65 Å². The van der Waals surface area contributed by atoms with Gasteiger partial charge in [0.25, 0.3) is 0 Å². The highest BCUT2D eigenvalue weighted by atomic mass is 35.5. The van der Waals surface area contributed by atoms with Gasteiger partial charge >= 0.3 is 5.92 Å². The first-order valence-electron chi connectivity index (χ1n) is 10.8. The third-order valence-corrected chi connectivity index (χ3v) is 5.98. The molecule has 4 rings (SSSR count). The van der Waals surface area contributed by atoms with Gasteiger partial charge in [-0.05, 0) is 38.8 Å². The Morgan fingerprint density at radius 3 is 2.50 bits per heavy atom. The van der Waals surface area contributed by atoms with E-state index >= 15 is 0 Å². The molecule has 1 aliphatic carbocycles. The molecule has 2 heterocycles. The molecule has 1 saturated carbocycles. The average molecular weight is 492 g/mol. The van der Waals surface area contributed by atoms with Crippen LogP contribution in [0.25, 0.3) is 11.0 Å². The Labute approximate surface area is 200 Å². The summed E-state index contributed by atoms with van der Waals surface area (Å²) in [6.45, 7) is 5.69. The number of aliphatic hydroxyl groups is 1. The van der Waals surface area contributed by atoms with Gasteiger partial charge in [-0.1, -0.05) is 37.6 Å². The minimum atomic E-state index is -3.79. The number of halogens is 4. The van der Waals surface area contributed by atoms with Crippen LogP contribution in [0.5, 0.6) is 0 Å². The van der Waals surface area contributed by atoms with Crippen LogP contribution in [0, 0.1) is 17.1 Å².